The highest BCUT2D eigenvalue weighted by Gasteiger charge is 2.09. The third-order valence-electron chi connectivity index (χ3n) is 2.80. The van der Waals surface area contributed by atoms with Crippen LogP contribution in [0.15, 0.2) is 36.4 Å². The third-order valence-corrected chi connectivity index (χ3v) is 3.11. The van der Waals surface area contributed by atoms with Gasteiger partial charge in [0.1, 0.15) is 11.6 Å². The van der Waals surface area contributed by atoms with Crippen LogP contribution >= 0.6 is 11.6 Å². The minimum Gasteiger partial charge on any atom is -0.496 e. The number of ether oxygens (including phenoxy) is 1. The minimum atomic E-state index is -0.373. The van der Waals surface area contributed by atoms with Gasteiger partial charge in [0.25, 0.3) is 0 Å². The zero-order chi connectivity index (χ0) is 13.8. The van der Waals surface area contributed by atoms with Gasteiger partial charge in [-0.25, -0.2) is 4.39 Å². The molecule has 0 bridgehead atoms. The van der Waals surface area contributed by atoms with Crippen molar-refractivity contribution >= 4 is 11.6 Å². The molecule has 0 saturated carbocycles. The molecule has 0 aliphatic heterocycles. The van der Waals surface area contributed by atoms with Crippen LogP contribution in [0, 0.1) is 17.1 Å². The van der Waals surface area contributed by atoms with E-state index in [0.717, 1.165) is 16.7 Å². The number of benzene rings is 2. The first-order valence-corrected chi connectivity index (χ1v) is 6.03. The first kappa shape index (κ1) is 13.4. The van der Waals surface area contributed by atoms with E-state index >= 15 is 0 Å². The summed E-state index contributed by atoms with van der Waals surface area (Å²) >= 11 is 6.03. The van der Waals surface area contributed by atoms with E-state index in [1.165, 1.54) is 12.1 Å². The molecule has 0 aliphatic carbocycles. The number of hydrogen-bond donors (Lipinski definition) is 0. The summed E-state index contributed by atoms with van der Waals surface area (Å²) in [4.78, 5) is 0. The van der Waals surface area contributed by atoms with Gasteiger partial charge in [-0.3, -0.25) is 0 Å². The van der Waals surface area contributed by atoms with Crippen molar-refractivity contribution in [2.24, 2.45) is 0 Å². The van der Waals surface area contributed by atoms with Gasteiger partial charge < -0.3 is 4.74 Å². The number of nitrogens with zero attached hydrogens (tertiary/aromatic N) is 1. The van der Waals surface area contributed by atoms with Crippen molar-refractivity contribution < 1.29 is 9.13 Å². The van der Waals surface area contributed by atoms with Gasteiger partial charge in [0.2, 0.25) is 0 Å². The summed E-state index contributed by atoms with van der Waals surface area (Å²) < 4.78 is 18.3. The predicted molar refractivity (Wildman–Crippen MR) is 72.7 cm³/mol. The molecule has 0 aromatic heterocycles. The van der Waals surface area contributed by atoms with Crippen LogP contribution in [0.2, 0.25) is 5.02 Å². The first-order valence-electron chi connectivity index (χ1n) is 5.65. The maximum atomic E-state index is 13.0. The lowest BCUT2D eigenvalue weighted by atomic mass is 10.0. The summed E-state index contributed by atoms with van der Waals surface area (Å²) in [5.74, 6) is 0.251. The molecule has 0 amide bonds. The molecule has 2 rings (SSSR count). The number of hydrogen-bond acceptors (Lipinski definition) is 2. The van der Waals surface area contributed by atoms with Crippen LogP contribution in [-0.2, 0) is 6.42 Å². The standard InChI is InChI=1S/C15H11ClFNO/c1-19-15-8-11(3-2-10(15)6-7-18)13-5-4-12(17)9-14(13)16/h2-5,8-9H,6H2,1H3. The Kier molecular flexibility index (Phi) is 4.03. The monoisotopic (exact) mass is 275 g/mol. The second kappa shape index (κ2) is 5.73. The van der Waals surface area contributed by atoms with Crippen LogP contribution in [-0.4, -0.2) is 7.11 Å². The molecule has 0 radical (unpaired) electrons. The number of rotatable bonds is 3. The number of halogens is 2. The third kappa shape index (κ3) is 2.86. The molecule has 19 heavy (non-hydrogen) atoms. The average Bonchev–Trinajstić information content (AvgIpc) is 2.40. The molecule has 0 heterocycles. The zero-order valence-corrected chi connectivity index (χ0v) is 11.0. The quantitative estimate of drug-likeness (QED) is 0.840. The largest absolute Gasteiger partial charge is 0.496 e. The van der Waals surface area contributed by atoms with Crippen molar-refractivity contribution in [1.82, 2.24) is 0 Å². The molecule has 2 aromatic carbocycles. The van der Waals surface area contributed by atoms with Crippen LogP contribution in [0.1, 0.15) is 5.56 Å². The maximum Gasteiger partial charge on any atom is 0.124 e. The molecule has 0 saturated heterocycles. The summed E-state index contributed by atoms with van der Waals surface area (Å²) in [6, 6.07) is 11.8. The molecule has 2 nitrogen and oxygen atoms in total. The Morgan fingerprint density at radius 1 is 1.26 bits per heavy atom. The fourth-order valence-electron chi connectivity index (χ4n) is 1.87. The molecule has 0 spiro atoms. The molecule has 0 aliphatic rings. The van der Waals surface area contributed by atoms with E-state index < -0.39 is 0 Å². The second-order valence-electron chi connectivity index (χ2n) is 3.99. The Balaban J connectivity index is 2.49. The second-order valence-corrected chi connectivity index (χ2v) is 4.39. The maximum absolute atomic E-state index is 13.0. The summed E-state index contributed by atoms with van der Waals surface area (Å²) in [7, 11) is 1.55. The van der Waals surface area contributed by atoms with Gasteiger partial charge in [0, 0.05) is 11.1 Å². The first-order chi connectivity index (χ1) is 9.15. The van der Waals surface area contributed by atoms with Crippen molar-refractivity contribution in [3.8, 4) is 22.9 Å². The summed E-state index contributed by atoms with van der Waals surface area (Å²) in [6.45, 7) is 0. The van der Waals surface area contributed by atoms with E-state index in [1.54, 1.807) is 19.2 Å². The Labute approximate surface area is 116 Å². The van der Waals surface area contributed by atoms with Gasteiger partial charge in [-0.2, -0.15) is 5.26 Å². The fourth-order valence-corrected chi connectivity index (χ4v) is 2.14. The van der Waals surface area contributed by atoms with Crippen LogP contribution in [0.5, 0.6) is 5.75 Å². The van der Waals surface area contributed by atoms with Gasteiger partial charge in [0.05, 0.1) is 24.6 Å². The Morgan fingerprint density at radius 3 is 2.68 bits per heavy atom. The van der Waals surface area contributed by atoms with Crippen molar-refractivity contribution in [3.05, 3.63) is 52.8 Å². The normalized spacial score (nSPS) is 10.0. The van der Waals surface area contributed by atoms with E-state index in [1.807, 2.05) is 12.1 Å². The van der Waals surface area contributed by atoms with E-state index in [4.69, 9.17) is 21.6 Å². The lowest BCUT2D eigenvalue weighted by molar-refractivity contribution is 0.411. The minimum absolute atomic E-state index is 0.278. The average molecular weight is 276 g/mol. The molecule has 2 aromatic rings. The summed E-state index contributed by atoms with van der Waals surface area (Å²) in [5.41, 5.74) is 2.36. The lowest BCUT2D eigenvalue weighted by Crippen LogP contribution is -1.92. The van der Waals surface area contributed by atoms with Gasteiger partial charge >= 0.3 is 0 Å². The molecule has 0 N–H and O–H groups in total. The summed E-state index contributed by atoms with van der Waals surface area (Å²) in [6.07, 6.45) is 0.278. The van der Waals surface area contributed by atoms with Crippen molar-refractivity contribution in [2.75, 3.05) is 7.11 Å². The van der Waals surface area contributed by atoms with Crippen LogP contribution in [0.4, 0.5) is 4.39 Å². The van der Waals surface area contributed by atoms with Crippen molar-refractivity contribution in [3.63, 3.8) is 0 Å². The topological polar surface area (TPSA) is 33.0 Å². The van der Waals surface area contributed by atoms with Gasteiger partial charge in [-0.1, -0.05) is 23.7 Å². The molecular weight excluding hydrogens is 265 g/mol. The molecule has 96 valence electrons. The molecule has 0 unspecified atom stereocenters. The highest BCUT2D eigenvalue weighted by atomic mass is 35.5. The van der Waals surface area contributed by atoms with Gasteiger partial charge in [-0.05, 0) is 29.8 Å². The molecular formula is C15H11ClFNO. The van der Waals surface area contributed by atoms with Crippen LogP contribution in [0.3, 0.4) is 0 Å². The Bertz CT molecular complexity index is 649. The highest BCUT2D eigenvalue weighted by Crippen LogP contribution is 2.32. The fraction of sp³-hybridized carbons (Fsp3) is 0.133. The van der Waals surface area contributed by atoms with E-state index in [9.17, 15) is 4.39 Å². The van der Waals surface area contributed by atoms with Crippen molar-refractivity contribution in [2.45, 2.75) is 6.42 Å². The summed E-state index contributed by atoms with van der Waals surface area (Å²) in [5, 5.41) is 9.07. The Morgan fingerprint density at radius 2 is 2.05 bits per heavy atom. The Hall–Kier alpha value is -2.05. The van der Waals surface area contributed by atoms with Crippen molar-refractivity contribution in [1.29, 1.82) is 5.26 Å². The smallest absolute Gasteiger partial charge is 0.124 e. The van der Waals surface area contributed by atoms with E-state index in [0.29, 0.717) is 10.8 Å². The predicted octanol–water partition coefficient (Wildman–Crippen LogP) is 4.22. The molecule has 0 fully saturated rings. The molecule has 0 atom stereocenters. The van der Waals surface area contributed by atoms with Crippen LogP contribution in [0.25, 0.3) is 11.1 Å². The molecule has 4 heteroatoms. The van der Waals surface area contributed by atoms with Crippen LogP contribution < -0.4 is 4.74 Å². The highest BCUT2D eigenvalue weighted by molar-refractivity contribution is 6.33. The van der Waals surface area contributed by atoms with Gasteiger partial charge in [-0.15, -0.1) is 0 Å². The van der Waals surface area contributed by atoms with E-state index in [-0.39, 0.29) is 12.2 Å². The van der Waals surface area contributed by atoms with E-state index in [2.05, 4.69) is 6.07 Å². The number of methoxy groups -OCH3 is 1. The van der Waals surface area contributed by atoms with Gasteiger partial charge in [0.15, 0.2) is 0 Å². The number of nitriles is 1. The lowest BCUT2D eigenvalue weighted by Gasteiger charge is -2.10. The zero-order valence-electron chi connectivity index (χ0n) is 10.3. The SMILES string of the molecule is COc1cc(-c2ccc(F)cc2Cl)ccc1CC#N.